The second kappa shape index (κ2) is 12.5. The van der Waals surface area contributed by atoms with Crippen molar-refractivity contribution in [2.75, 3.05) is 0 Å². The smallest absolute Gasteiger partial charge is 0.251 e. The van der Waals surface area contributed by atoms with Gasteiger partial charge < -0.3 is 15.6 Å². The minimum absolute atomic E-state index is 0.0458. The summed E-state index contributed by atoms with van der Waals surface area (Å²) in [7, 11) is 0. The molecule has 7 nitrogen and oxygen atoms in total. The molecular formula is C34H29F3N4O3. The Bertz CT molecular complexity index is 1880. The number of hydrogen-bond donors (Lipinski definition) is 2. The molecule has 2 heterocycles. The first-order chi connectivity index (χ1) is 21.1. The maximum Gasteiger partial charge on any atom is 0.251 e. The van der Waals surface area contributed by atoms with Gasteiger partial charge in [0, 0.05) is 40.5 Å². The zero-order valence-electron chi connectivity index (χ0n) is 24.0. The van der Waals surface area contributed by atoms with E-state index in [4.69, 9.17) is 5.73 Å². The number of carbonyl (C=O) groups is 3. The van der Waals surface area contributed by atoms with Crippen LogP contribution >= 0.6 is 0 Å². The SMILES string of the molecule is CCC(C(=O)NC(Cc1cc(F)cc(F)c1)c1ncccc1-c1ccc(F)c(C(N)=O)c1)n1cc(C(C)=O)c2ccccc21. The third-order valence-corrected chi connectivity index (χ3v) is 7.54. The summed E-state index contributed by atoms with van der Waals surface area (Å²) in [6, 6.07) is 15.9. The Morgan fingerprint density at radius 3 is 2.34 bits per heavy atom. The van der Waals surface area contributed by atoms with Gasteiger partial charge in [0.15, 0.2) is 5.78 Å². The van der Waals surface area contributed by atoms with Crippen LogP contribution in [0.3, 0.4) is 0 Å². The highest BCUT2D eigenvalue weighted by Gasteiger charge is 2.28. The minimum atomic E-state index is -0.954. The lowest BCUT2D eigenvalue weighted by Gasteiger charge is -2.25. The second-order valence-electron chi connectivity index (χ2n) is 10.5. The maximum absolute atomic E-state index is 14.3. The number of nitrogens with zero attached hydrogens (tertiary/aromatic N) is 2. The van der Waals surface area contributed by atoms with Crippen LogP contribution in [0.15, 0.2) is 85.2 Å². The highest BCUT2D eigenvalue weighted by atomic mass is 19.1. The molecule has 3 N–H and O–H groups in total. The fraction of sp³-hybridized carbons (Fsp3) is 0.176. The number of halogens is 3. The molecule has 0 fully saturated rings. The van der Waals surface area contributed by atoms with Crippen LogP contribution in [0.1, 0.15) is 64.3 Å². The molecule has 5 aromatic rings. The third-order valence-electron chi connectivity index (χ3n) is 7.54. The van der Waals surface area contributed by atoms with Crippen molar-refractivity contribution in [1.29, 1.82) is 0 Å². The number of nitrogens with two attached hydrogens (primary N) is 1. The van der Waals surface area contributed by atoms with Crippen LogP contribution in [0.2, 0.25) is 0 Å². The van der Waals surface area contributed by atoms with Crippen LogP contribution in [0.25, 0.3) is 22.0 Å². The summed E-state index contributed by atoms with van der Waals surface area (Å²) in [5, 5.41) is 3.73. The fourth-order valence-electron chi connectivity index (χ4n) is 5.52. The van der Waals surface area contributed by atoms with E-state index in [1.165, 1.54) is 37.4 Å². The first kappa shape index (κ1) is 30.2. The maximum atomic E-state index is 14.3. The average molecular weight is 599 g/mol. The largest absolute Gasteiger partial charge is 0.366 e. The molecule has 0 aliphatic rings. The Kier molecular flexibility index (Phi) is 8.61. The zero-order chi connectivity index (χ0) is 31.5. The van der Waals surface area contributed by atoms with Gasteiger partial charge in [-0.15, -0.1) is 0 Å². The van der Waals surface area contributed by atoms with Gasteiger partial charge in [-0.25, -0.2) is 13.2 Å². The Morgan fingerprint density at radius 2 is 1.66 bits per heavy atom. The van der Waals surface area contributed by atoms with E-state index in [0.29, 0.717) is 39.7 Å². The molecule has 0 aliphatic heterocycles. The van der Waals surface area contributed by atoms with Crippen molar-refractivity contribution in [1.82, 2.24) is 14.9 Å². The molecule has 2 amide bonds. The molecule has 0 radical (unpaired) electrons. The number of pyridine rings is 1. The van der Waals surface area contributed by atoms with Gasteiger partial charge in [0.25, 0.3) is 5.91 Å². The quantitative estimate of drug-likeness (QED) is 0.180. The summed E-state index contributed by atoms with van der Waals surface area (Å²) >= 11 is 0. The number of amides is 2. The highest BCUT2D eigenvalue weighted by Crippen LogP contribution is 2.32. The lowest BCUT2D eigenvalue weighted by molar-refractivity contribution is -0.125. The van der Waals surface area contributed by atoms with Crippen molar-refractivity contribution < 1.29 is 27.6 Å². The number of nitrogens with one attached hydrogen (secondary N) is 1. The molecule has 3 aromatic carbocycles. The number of Topliss-reactive ketones (excluding diaryl/α,β-unsaturated/α-hetero) is 1. The monoisotopic (exact) mass is 598 g/mol. The number of fused-ring (bicyclic) bond motifs is 1. The van der Waals surface area contributed by atoms with Crippen molar-refractivity contribution in [3.8, 4) is 11.1 Å². The van der Waals surface area contributed by atoms with Crippen LogP contribution < -0.4 is 11.1 Å². The number of para-hydroxylation sites is 1. The normalized spacial score (nSPS) is 12.6. The van der Waals surface area contributed by atoms with E-state index in [-0.39, 0.29) is 23.3 Å². The molecule has 2 atom stereocenters. The van der Waals surface area contributed by atoms with Crippen molar-refractivity contribution in [2.24, 2.45) is 5.73 Å². The number of ketones is 1. The molecular weight excluding hydrogens is 569 g/mol. The van der Waals surface area contributed by atoms with E-state index in [1.807, 2.05) is 31.2 Å². The molecule has 224 valence electrons. The summed E-state index contributed by atoms with van der Waals surface area (Å²) in [5.74, 6) is -3.87. The van der Waals surface area contributed by atoms with Crippen LogP contribution in [-0.2, 0) is 11.2 Å². The van der Waals surface area contributed by atoms with Crippen molar-refractivity contribution in [3.05, 3.63) is 125 Å². The Morgan fingerprint density at radius 1 is 0.932 bits per heavy atom. The Labute approximate surface area is 251 Å². The highest BCUT2D eigenvalue weighted by molar-refractivity contribution is 6.07. The van der Waals surface area contributed by atoms with E-state index >= 15 is 0 Å². The van der Waals surface area contributed by atoms with E-state index in [2.05, 4.69) is 10.3 Å². The number of benzene rings is 3. The number of rotatable bonds is 10. The van der Waals surface area contributed by atoms with Crippen LogP contribution in [0.5, 0.6) is 0 Å². The first-order valence-electron chi connectivity index (χ1n) is 14.0. The van der Waals surface area contributed by atoms with Gasteiger partial charge >= 0.3 is 0 Å². The average Bonchev–Trinajstić information content (AvgIpc) is 3.37. The zero-order valence-corrected chi connectivity index (χ0v) is 24.0. The van der Waals surface area contributed by atoms with Crippen LogP contribution in [0.4, 0.5) is 13.2 Å². The van der Waals surface area contributed by atoms with Crippen molar-refractivity contribution in [3.63, 3.8) is 0 Å². The Hall–Kier alpha value is -5.25. The summed E-state index contributed by atoms with van der Waals surface area (Å²) in [6.45, 7) is 3.29. The van der Waals surface area contributed by atoms with E-state index in [9.17, 15) is 27.6 Å². The third kappa shape index (κ3) is 6.10. The van der Waals surface area contributed by atoms with Crippen molar-refractivity contribution in [2.45, 2.75) is 38.8 Å². The predicted octanol–water partition coefficient (Wildman–Crippen LogP) is 6.47. The number of hydrogen-bond acceptors (Lipinski definition) is 4. The van der Waals surface area contributed by atoms with Gasteiger partial charge in [-0.2, -0.15) is 0 Å². The molecule has 44 heavy (non-hydrogen) atoms. The number of primary amides is 1. The molecule has 0 saturated carbocycles. The predicted molar refractivity (Wildman–Crippen MR) is 160 cm³/mol. The number of aromatic nitrogens is 2. The van der Waals surface area contributed by atoms with Gasteiger partial charge in [0.05, 0.1) is 17.3 Å². The summed E-state index contributed by atoms with van der Waals surface area (Å²) in [5.41, 5.74) is 7.68. The summed E-state index contributed by atoms with van der Waals surface area (Å²) in [6.07, 6.45) is 3.47. The van der Waals surface area contributed by atoms with Gasteiger partial charge in [0.2, 0.25) is 5.91 Å². The molecule has 0 bridgehead atoms. The number of carbonyl (C=O) groups excluding carboxylic acids is 3. The summed E-state index contributed by atoms with van der Waals surface area (Å²) < 4.78 is 44.5. The summed E-state index contributed by atoms with van der Waals surface area (Å²) in [4.78, 5) is 42.8. The van der Waals surface area contributed by atoms with Gasteiger partial charge in [0.1, 0.15) is 23.5 Å². The van der Waals surface area contributed by atoms with Crippen LogP contribution in [0, 0.1) is 17.5 Å². The van der Waals surface area contributed by atoms with Gasteiger partial charge in [-0.05, 0) is 67.3 Å². The fourth-order valence-corrected chi connectivity index (χ4v) is 5.52. The standard InChI is InChI=1S/C34H29F3N4O3/c1-3-30(41-18-27(19(2)42)25-7-4-5-9-31(25)41)34(44)40-29(15-20-13-22(35)17-23(36)14-20)32-24(8-6-12-39-32)21-10-11-28(37)26(16-21)33(38)43/h4-14,16-18,29-30H,3,15H2,1-2H3,(H2,38,43)(H,40,44). The van der Waals surface area contributed by atoms with Gasteiger partial charge in [-0.3, -0.25) is 19.4 Å². The van der Waals surface area contributed by atoms with E-state index in [0.717, 1.165) is 12.1 Å². The second-order valence-corrected chi connectivity index (χ2v) is 10.5. The van der Waals surface area contributed by atoms with E-state index in [1.54, 1.807) is 22.9 Å². The van der Waals surface area contributed by atoms with E-state index < -0.39 is 41.3 Å². The lowest BCUT2D eigenvalue weighted by atomic mass is 9.94. The minimum Gasteiger partial charge on any atom is -0.366 e. The van der Waals surface area contributed by atoms with Crippen LogP contribution in [-0.4, -0.2) is 27.1 Å². The Balaban J connectivity index is 1.60. The molecule has 2 unspecified atom stereocenters. The molecule has 10 heteroatoms. The van der Waals surface area contributed by atoms with Gasteiger partial charge in [-0.1, -0.05) is 37.3 Å². The first-order valence-corrected chi connectivity index (χ1v) is 14.0. The lowest BCUT2D eigenvalue weighted by Crippen LogP contribution is -2.36. The molecule has 0 saturated heterocycles. The molecule has 5 rings (SSSR count). The van der Waals surface area contributed by atoms with Crippen molar-refractivity contribution >= 4 is 28.5 Å². The molecule has 0 spiro atoms. The molecule has 0 aliphatic carbocycles. The molecule has 2 aromatic heterocycles. The topological polar surface area (TPSA) is 107 Å².